The van der Waals surface area contributed by atoms with Crippen molar-refractivity contribution in [1.29, 1.82) is 0 Å². The van der Waals surface area contributed by atoms with Gasteiger partial charge in [-0.3, -0.25) is 4.79 Å². The first-order valence-electron chi connectivity index (χ1n) is 2.74. The molecule has 0 unspecified atom stereocenters. The molecule has 0 radical (unpaired) electrons. The van der Waals surface area contributed by atoms with E-state index in [-0.39, 0.29) is 5.91 Å². The van der Waals surface area contributed by atoms with Gasteiger partial charge in [-0.05, 0) is 0 Å². The summed E-state index contributed by atoms with van der Waals surface area (Å²) in [6.07, 6.45) is 0. The summed E-state index contributed by atoms with van der Waals surface area (Å²) in [5.41, 5.74) is 0. The third-order valence-electron chi connectivity index (χ3n) is 1.23. The van der Waals surface area contributed by atoms with Gasteiger partial charge in [-0.25, -0.2) is 0 Å². The van der Waals surface area contributed by atoms with Crippen LogP contribution in [0, 0.1) is 0 Å². The van der Waals surface area contributed by atoms with Gasteiger partial charge in [0, 0.05) is 13.1 Å². The maximum atomic E-state index is 10.5. The van der Waals surface area contributed by atoms with E-state index in [9.17, 15) is 4.79 Å². The average Bonchev–Trinajstić information content (AvgIpc) is 1.64. The van der Waals surface area contributed by atoms with Crippen LogP contribution in [0.25, 0.3) is 0 Å². The molecule has 1 heterocycles. The van der Waals surface area contributed by atoms with Crippen LogP contribution in [0.2, 0.25) is 0 Å². The van der Waals surface area contributed by atoms with Crippen LogP contribution in [-0.4, -0.2) is 38.3 Å². The Balaban J connectivity index is 2.34. The Bertz CT molecular complexity index is 106. The fourth-order valence-corrected chi connectivity index (χ4v) is 0.766. The average molecular weight is 112 g/mol. The Morgan fingerprint density at radius 1 is 1.75 bits per heavy atom. The first-order chi connectivity index (χ1) is 3.79. The van der Waals surface area contributed by atoms with Crippen molar-refractivity contribution in [2.45, 2.75) is 0 Å². The molecular formula is C4H9BN2O. The molecule has 0 aliphatic carbocycles. The summed E-state index contributed by atoms with van der Waals surface area (Å²) in [5, 5.41) is 2.73. The zero-order valence-corrected chi connectivity index (χ0v) is 4.98. The molecule has 1 aliphatic heterocycles. The van der Waals surface area contributed by atoms with Gasteiger partial charge in [-0.1, -0.05) is 0 Å². The minimum Gasteiger partial charge on any atom is -0.354 e. The number of nitrogens with one attached hydrogen (secondary N) is 1. The zero-order chi connectivity index (χ0) is 5.98. The smallest absolute Gasteiger partial charge is 0.233 e. The molecule has 1 rings (SSSR count). The molecule has 1 N–H and O–H groups in total. The molecule has 1 aliphatic rings. The number of carbonyl (C=O) groups excluding carboxylic acids is 1. The minimum atomic E-state index is 0.138. The lowest BCUT2D eigenvalue weighted by molar-refractivity contribution is -0.122. The van der Waals surface area contributed by atoms with E-state index < -0.39 is 0 Å². The van der Waals surface area contributed by atoms with E-state index in [2.05, 4.69) is 5.32 Å². The van der Waals surface area contributed by atoms with Crippen molar-refractivity contribution in [2.24, 2.45) is 0 Å². The molecule has 0 aromatic heterocycles. The summed E-state index contributed by atoms with van der Waals surface area (Å²) in [5.74, 6) is 0.138. The van der Waals surface area contributed by atoms with Gasteiger partial charge in [0.25, 0.3) is 0 Å². The highest BCUT2D eigenvalue weighted by Crippen LogP contribution is 1.84. The molecule has 1 saturated heterocycles. The summed E-state index contributed by atoms with van der Waals surface area (Å²) in [7, 11) is 1.94. The second kappa shape index (κ2) is 2.18. The number of amides is 1. The van der Waals surface area contributed by atoms with Gasteiger partial charge in [0.1, 0.15) is 0 Å². The van der Waals surface area contributed by atoms with E-state index >= 15 is 0 Å². The van der Waals surface area contributed by atoms with Gasteiger partial charge in [0.15, 0.2) is 7.98 Å². The normalized spacial score (nSPS) is 22.8. The number of hydrogen-bond acceptors (Lipinski definition) is 2. The highest BCUT2D eigenvalue weighted by Gasteiger charge is 2.09. The predicted octanol–water partition coefficient (Wildman–Crippen LogP) is -2.03. The second-order valence-electron chi connectivity index (χ2n) is 2.09. The molecule has 0 atom stereocenters. The monoisotopic (exact) mass is 112 g/mol. The predicted molar refractivity (Wildman–Crippen MR) is 33.1 cm³/mol. The zero-order valence-electron chi connectivity index (χ0n) is 4.98. The van der Waals surface area contributed by atoms with Gasteiger partial charge >= 0.3 is 0 Å². The van der Waals surface area contributed by atoms with Crippen molar-refractivity contribution in [3.05, 3.63) is 0 Å². The Morgan fingerprint density at radius 2 is 2.50 bits per heavy atom. The number of nitrogens with zero attached hydrogens (tertiary/aromatic N) is 1. The van der Waals surface area contributed by atoms with Crippen LogP contribution >= 0.6 is 0 Å². The van der Waals surface area contributed by atoms with E-state index in [4.69, 9.17) is 0 Å². The Morgan fingerprint density at radius 3 is 2.88 bits per heavy atom. The molecule has 1 amide bonds. The van der Waals surface area contributed by atoms with Crippen molar-refractivity contribution in [2.75, 3.05) is 19.6 Å². The quantitative estimate of drug-likeness (QED) is 0.366. The van der Waals surface area contributed by atoms with Crippen LogP contribution < -0.4 is 5.32 Å². The largest absolute Gasteiger partial charge is 0.354 e. The second-order valence-corrected chi connectivity index (χ2v) is 2.09. The lowest BCUT2D eigenvalue weighted by atomic mass is 10.2. The van der Waals surface area contributed by atoms with E-state index in [0.29, 0.717) is 6.54 Å². The van der Waals surface area contributed by atoms with Crippen molar-refractivity contribution in [3.63, 3.8) is 0 Å². The van der Waals surface area contributed by atoms with E-state index in [1.54, 1.807) is 0 Å². The molecule has 0 bridgehead atoms. The topological polar surface area (TPSA) is 32.3 Å². The van der Waals surface area contributed by atoms with Crippen LogP contribution in [-0.2, 0) is 4.79 Å². The fraction of sp³-hybridized carbons (Fsp3) is 0.750. The first-order valence-corrected chi connectivity index (χ1v) is 2.74. The van der Waals surface area contributed by atoms with Crippen molar-refractivity contribution >= 4 is 13.9 Å². The molecule has 44 valence electrons. The Hall–Kier alpha value is -0.505. The summed E-state index contributed by atoms with van der Waals surface area (Å²) >= 11 is 0. The highest BCUT2D eigenvalue weighted by molar-refractivity contribution is 6.06. The highest BCUT2D eigenvalue weighted by atomic mass is 16.2. The fourth-order valence-electron chi connectivity index (χ4n) is 0.766. The molecule has 0 aromatic rings. The van der Waals surface area contributed by atoms with Gasteiger partial charge in [-0.2, -0.15) is 0 Å². The summed E-state index contributed by atoms with van der Waals surface area (Å²) < 4.78 is 0. The van der Waals surface area contributed by atoms with E-state index in [1.807, 2.05) is 12.8 Å². The van der Waals surface area contributed by atoms with Gasteiger partial charge in [0.2, 0.25) is 5.91 Å². The molecule has 0 aromatic carbocycles. The van der Waals surface area contributed by atoms with Crippen LogP contribution in [0.15, 0.2) is 0 Å². The summed E-state index contributed by atoms with van der Waals surface area (Å²) in [4.78, 5) is 12.5. The maximum Gasteiger partial charge on any atom is 0.233 e. The standard InChI is InChI=1S/C4H9BN2O/c5-7-2-1-6-4(8)3-7/h1-3,5H2,(H,6,8). The van der Waals surface area contributed by atoms with Crippen molar-refractivity contribution in [1.82, 2.24) is 10.1 Å². The molecule has 1 fully saturated rings. The van der Waals surface area contributed by atoms with Crippen LogP contribution in [0.1, 0.15) is 0 Å². The van der Waals surface area contributed by atoms with Crippen molar-refractivity contribution < 1.29 is 4.79 Å². The molecule has 0 saturated carbocycles. The number of carbonyl (C=O) groups is 1. The van der Waals surface area contributed by atoms with Crippen molar-refractivity contribution in [3.8, 4) is 0 Å². The molecule has 8 heavy (non-hydrogen) atoms. The first kappa shape index (κ1) is 5.63. The Labute approximate surface area is 49.5 Å². The van der Waals surface area contributed by atoms with E-state index in [0.717, 1.165) is 13.1 Å². The molecular weight excluding hydrogens is 103 g/mol. The molecule has 4 heteroatoms. The molecule has 0 spiro atoms. The Kier molecular flexibility index (Phi) is 1.53. The third kappa shape index (κ3) is 1.23. The number of rotatable bonds is 0. The van der Waals surface area contributed by atoms with Crippen LogP contribution in [0.5, 0.6) is 0 Å². The third-order valence-corrected chi connectivity index (χ3v) is 1.23. The SMILES string of the molecule is BN1CCNC(=O)C1. The lowest BCUT2D eigenvalue weighted by Crippen LogP contribution is -2.46. The van der Waals surface area contributed by atoms with Gasteiger partial charge < -0.3 is 10.1 Å². The van der Waals surface area contributed by atoms with E-state index in [1.165, 1.54) is 0 Å². The summed E-state index contributed by atoms with van der Waals surface area (Å²) in [6.45, 7) is 2.33. The maximum absolute atomic E-state index is 10.5. The number of hydrogen-bond donors (Lipinski definition) is 1. The lowest BCUT2D eigenvalue weighted by Gasteiger charge is -2.21. The molecule has 3 nitrogen and oxygen atoms in total. The van der Waals surface area contributed by atoms with Gasteiger partial charge in [0.05, 0.1) is 6.54 Å². The van der Waals surface area contributed by atoms with Crippen LogP contribution in [0.3, 0.4) is 0 Å². The summed E-state index contributed by atoms with van der Waals surface area (Å²) in [6, 6.07) is 0. The number of piperazine rings is 1. The minimum absolute atomic E-state index is 0.138. The van der Waals surface area contributed by atoms with Crippen LogP contribution in [0.4, 0.5) is 0 Å². The van der Waals surface area contributed by atoms with Gasteiger partial charge in [-0.15, -0.1) is 0 Å².